The number of benzene rings is 2. The van der Waals surface area contributed by atoms with Crippen molar-refractivity contribution in [2.45, 2.75) is 19.3 Å². The van der Waals surface area contributed by atoms with Gasteiger partial charge in [-0.2, -0.15) is 0 Å². The molecule has 1 aliphatic rings. The number of nitrogens with one attached hydrogen (secondary N) is 1. The number of hydrogen-bond acceptors (Lipinski definition) is 6. The quantitative estimate of drug-likeness (QED) is 0.546. The molecule has 0 radical (unpaired) electrons. The van der Waals surface area contributed by atoms with Gasteiger partial charge in [-0.05, 0) is 35.9 Å². The summed E-state index contributed by atoms with van der Waals surface area (Å²) in [6, 6.07) is 14.5. The summed E-state index contributed by atoms with van der Waals surface area (Å²) in [5.74, 6) is -0.795. The highest BCUT2D eigenvalue weighted by atomic mass is 16.5. The molecule has 7 nitrogen and oxygen atoms in total. The Morgan fingerprint density at radius 1 is 1.06 bits per heavy atom. The van der Waals surface area contributed by atoms with E-state index in [4.69, 9.17) is 9.47 Å². The minimum absolute atomic E-state index is 0.322. The molecule has 0 saturated carbocycles. The maximum atomic E-state index is 12.4. The van der Waals surface area contributed by atoms with Gasteiger partial charge in [0.2, 0.25) is 0 Å². The number of anilines is 1. The Kier molecular flexibility index (Phi) is 6.44. The van der Waals surface area contributed by atoms with Crippen molar-refractivity contribution in [2.24, 2.45) is 0 Å². The lowest BCUT2D eigenvalue weighted by Crippen LogP contribution is -2.31. The molecule has 0 atom stereocenters. The number of carbonyl (C=O) groups excluding carboxylic acids is 3. The molecule has 0 bridgehead atoms. The van der Waals surface area contributed by atoms with Crippen LogP contribution in [0.2, 0.25) is 0 Å². The van der Waals surface area contributed by atoms with Gasteiger partial charge in [-0.1, -0.05) is 32.0 Å². The maximum Gasteiger partial charge on any atom is 0.325 e. The Bertz CT molecular complexity index is 1020. The summed E-state index contributed by atoms with van der Waals surface area (Å²) < 4.78 is 10.1. The molecule has 0 fully saturated rings. The highest BCUT2D eigenvalue weighted by molar-refractivity contribution is 5.97. The fourth-order valence-corrected chi connectivity index (χ4v) is 3.65. The Labute approximate surface area is 181 Å². The molecule has 0 saturated heterocycles. The van der Waals surface area contributed by atoms with Crippen LogP contribution in [0.25, 0.3) is 0 Å². The minimum atomic E-state index is -0.684. The van der Waals surface area contributed by atoms with Gasteiger partial charge in [0.15, 0.2) is 12.4 Å². The Morgan fingerprint density at radius 3 is 2.39 bits per heavy atom. The number of carbonyl (C=O) groups is 3. The molecule has 1 N–H and O–H groups in total. The number of esters is 1. The van der Waals surface area contributed by atoms with Crippen LogP contribution in [-0.4, -0.2) is 45.0 Å². The molecule has 0 aromatic heterocycles. The van der Waals surface area contributed by atoms with Gasteiger partial charge in [-0.15, -0.1) is 0 Å². The van der Waals surface area contributed by atoms with Gasteiger partial charge in [-0.3, -0.25) is 14.4 Å². The van der Waals surface area contributed by atoms with Crippen molar-refractivity contribution in [2.75, 3.05) is 32.2 Å². The molecule has 0 spiro atoms. The molecule has 7 heteroatoms. The molecule has 1 heterocycles. The van der Waals surface area contributed by atoms with Crippen LogP contribution in [0.5, 0.6) is 5.75 Å². The number of nitrogens with zero attached hydrogens (tertiary/aromatic N) is 1. The van der Waals surface area contributed by atoms with Crippen LogP contribution < -0.4 is 15.0 Å². The van der Waals surface area contributed by atoms with E-state index in [0.717, 1.165) is 16.9 Å². The Hall–Kier alpha value is -3.61. The number of hydrogen-bond donors (Lipinski definition) is 1. The fraction of sp³-hybridized carbons (Fsp3) is 0.292. The standard InChI is InChI=1S/C24H26N2O5/c1-24(2)19-7-5-6-8-20(19)26(3)21(24)13-17(27)15-31-22(28)14-25-23(29)16-9-11-18(30-4)12-10-16/h5-13H,14-15H2,1-4H3,(H,25,29)/b21-13+. The van der Waals surface area contributed by atoms with E-state index in [1.807, 2.05) is 36.2 Å². The van der Waals surface area contributed by atoms with Crippen LogP contribution in [0.4, 0.5) is 5.69 Å². The molecule has 1 amide bonds. The van der Waals surface area contributed by atoms with E-state index in [1.165, 1.54) is 13.2 Å². The second-order valence-corrected chi connectivity index (χ2v) is 7.77. The fourth-order valence-electron chi connectivity index (χ4n) is 3.65. The molecule has 162 valence electrons. The van der Waals surface area contributed by atoms with Gasteiger partial charge in [0.25, 0.3) is 5.91 Å². The van der Waals surface area contributed by atoms with Crippen molar-refractivity contribution in [3.63, 3.8) is 0 Å². The largest absolute Gasteiger partial charge is 0.497 e. The van der Waals surface area contributed by atoms with Crippen molar-refractivity contribution in [3.05, 3.63) is 71.4 Å². The van der Waals surface area contributed by atoms with Crippen molar-refractivity contribution in [1.29, 1.82) is 0 Å². The van der Waals surface area contributed by atoms with E-state index in [0.29, 0.717) is 11.3 Å². The van der Waals surface area contributed by atoms with Crippen molar-refractivity contribution < 1.29 is 23.9 Å². The summed E-state index contributed by atoms with van der Waals surface area (Å²) in [6.45, 7) is 3.39. The van der Waals surface area contributed by atoms with Crippen molar-refractivity contribution >= 4 is 23.3 Å². The van der Waals surface area contributed by atoms with Gasteiger partial charge in [0.05, 0.1) is 7.11 Å². The number of ether oxygens (including phenoxy) is 2. The lowest BCUT2D eigenvalue weighted by molar-refractivity contribution is -0.145. The lowest BCUT2D eigenvalue weighted by Gasteiger charge is -2.23. The topological polar surface area (TPSA) is 84.9 Å². The lowest BCUT2D eigenvalue weighted by atomic mass is 9.83. The monoisotopic (exact) mass is 422 g/mol. The van der Waals surface area contributed by atoms with Gasteiger partial charge in [0, 0.05) is 35.5 Å². The number of likely N-dealkylation sites (N-methyl/N-ethyl adjacent to an activating group) is 1. The summed E-state index contributed by atoms with van der Waals surface area (Å²) in [7, 11) is 3.44. The Balaban J connectivity index is 1.52. The second kappa shape index (κ2) is 9.04. The van der Waals surface area contributed by atoms with Crippen LogP contribution in [-0.2, 0) is 19.7 Å². The zero-order chi connectivity index (χ0) is 22.6. The number of ketones is 1. The predicted octanol–water partition coefficient (Wildman–Crippen LogP) is 2.85. The van der Waals surface area contributed by atoms with Crippen LogP contribution in [0, 0.1) is 0 Å². The van der Waals surface area contributed by atoms with E-state index in [2.05, 4.69) is 19.2 Å². The first kappa shape index (κ1) is 22.1. The van der Waals surface area contributed by atoms with Crippen molar-refractivity contribution in [1.82, 2.24) is 5.32 Å². The highest BCUT2D eigenvalue weighted by Gasteiger charge is 2.38. The predicted molar refractivity (Wildman–Crippen MR) is 117 cm³/mol. The number of para-hydroxylation sites is 1. The van der Waals surface area contributed by atoms with Crippen LogP contribution in [0.3, 0.4) is 0 Å². The van der Waals surface area contributed by atoms with Crippen LogP contribution in [0.1, 0.15) is 29.8 Å². The third-order valence-corrected chi connectivity index (χ3v) is 5.36. The average Bonchev–Trinajstić information content (AvgIpc) is 2.97. The van der Waals surface area contributed by atoms with Crippen molar-refractivity contribution in [3.8, 4) is 5.75 Å². The summed E-state index contributed by atoms with van der Waals surface area (Å²) in [6.07, 6.45) is 1.52. The number of methoxy groups -OCH3 is 1. The van der Waals surface area contributed by atoms with E-state index in [9.17, 15) is 14.4 Å². The molecule has 3 rings (SSSR count). The molecular formula is C24H26N2O5. The molecule has 2 aromatic rings. The number of amides is 1. The summed E-state index contributed by atoms with van der Waals surface area (Å²) in [5, 5.41) is 2.48. The smallest absolute Gasteiger partial charge is 0.325 e. The molecule has 2 aromatic carbocycles. The van der Waals surface area contributed by atoms with Crippen LogP contribution in [0.15, 0.2) is 60.3 Å². The Morgan fingerprint density at radius 2 is 1.74 bits per heavy atom. The summed E-state index contributed by atoms with van der Waals surface area (Å²) in [4.78, 5) is 38.4. The first-order chi connectivity index (χ1) is 14.7. The van der Waals surface area contributed by atoms with Gasteiger partial charge in [-0.25, -0.2) is 0 Å². The second-order valence-electron chi connectivity index (χ2n) is 7.77. The van der Waals surface area contributed by atoms with Gasteiger partial charge >= 0.3 is 5.97 Å². The van der Waals surface area contributed by atoms with E-state index in [1.54, 1.807) is 24.3 Å². The number of rotatable bonds is 7. The third-order valence-electron chi connectivity index (χ3n) is 5.36. The number of fused-ring (bicyclic) bond motifs is 1. The minimum Gasteiger partial charge on any atom is -0.497 e. The number of allylic oxidation sites excluding steroid dienone is 1. The average molecular weight is 422 g/mol. The first-order valence-corrected chi connectivity index (χ1v) is 9.90. The van der Waals surface area contributed by atoms with E-state index in [-0.39, 0.29) is 24.3 Å². The van der Waals surface area contributed by atoms with E-state index >= 15 is 0 Å². The molecule has 1 aliphatic heterocycles. The summed E-state index contributed by atoms with van der Waals surface area (Å²) in [5.41, 5.74) is 3.07. The third kappa shape index (κ3) is 4.77. The zero-order valence-electron chi connectivity index (χ0n) is 18.1. The molecular weight excluding hydrogens is 396 g/mol. The van der Waals surface area contributed by atoms with E-state index < -0.39 is 11.9 Å². The SMILES string of the molecule is COc1ccc(C(=O)NCC(=O)OCC(=O)/C=C2/N(C)c3ccccc3C2(C)C)cc1. The first-order valence-electron chi connectivity index (χ1n) is 9.90. The van der Waals surface area contributed by atoms with Gasteiger partial charge < -0.3 is 19.7 Å². The zero-order valence-corrected chi connectivity index (χ0v) is 18.1. The molecule has 0 unspecified atom stereocenters. The highest BCUT2D eigenvalue weighted by Crippen LogP contribution is 2.46. The molecule has 0 aliphatic carbocycles. The van der Waals surface area contributed by atoms with Gasteiger partial charge in [0.1, 0.15) is 12.3 Å². The van der Waals surface area contributed by atoms with Crippen LogP contribution >= 0.6 is 0 Å². The normalized spacial score (nSPS) is 15.4. The molecule has 31 heavy (non-hydrogen) atoms. The summed E-state index contributed by atoms with van der Waals surface area (Å²) >= 11 is 0. The maximum absolute atomic E-state index is 12.4.